The van der Waals surface area contributed by atoms with Crippen LogP contribution >= 0.6 is 0 Å². The molecule has 0 radical (unpaired) electrons. The van der Waals surface area contributed by atoms with Gasteiger partial charge in [0.1, 0.15) is 11.4 Å². The number of nitrogens with zero attached hydrogens (tertiary/aromatic N) is 3. The van der Waals surface area contributed by atoms with Gasteiger partial charge in [-0.1, -0.05) is 36.8 Å². The summed E-state index contributed by atoms with van der Waals surface area (Å²) in [6.07, 6.45) is 0.723. The summed E-state index contributed by atoms with van der Waals surface area (Å²) in [6.45, 7) is 7.31. The molecule has 0 atom stereocenters. The Labute approximate surface area is 226 Å². The van der Waals surface area contributed by atoms with Crippen molar-refractivity contribution in [2.24, 2.45) is 0 Å². The van der Waals surface area contributed by atoms with Crippen LogP contribution in [0.5, 0.6) is 5.75 Å². The molecular weight excluding hydrogens is 461 g/mol. The normalized spacial score (nSPS) is 11.0. The van der Waals surface area contributed by atoms with Crippen LogP contribution in [0.2, 0.25) is 0 Å². The number of carbonyl (C=O) groups excluding carboxylic acids is 2. The fourth-order valence-electron chi connectivity index (χ4n) is 3.22. The van der Waals surface area contributed by atoms with Gasteiger partial charge in [-0.2, -0.15) is 5.10 Å². The molecular formula is C25H28N3NaO6. The number of esters is 1. The van der Waals surface area contributed by atoms with Crippen molar-refractivity contribution in [2.75, 3.05) is 0 Å². The van der Waals surface area contributed by atoms with E-state index in [0.717, 1.165) is 17.5 Å². The Balaban J connectivity index is 0.00000432. The number of hydrogen-bond donors (Lipinski definition) is 0. The first kappa shape index (κ1) is 28.4. The van der Waals surface area contributed by atoms with E-state index in [4.69, 9.17) is 9.47 Å². The second-order valence-corrected chi connectivity index (χ2v) is 8.49. The van der Waals surface area contributed by atoms with Gasteiger partial charge in [-0.3, -0.25) is 4.57 Å². The van der Waals surface area contributed by atoms with E-state index >= 15 is 0 Å². The predicted molar refractivity (Wildman–Crippen MR) is 122 cm³/mol. The van der Waals surface area contributed by atoms with Crippen molar-refractivity contribution >= 4 is 11.9 Å². The van der Waals surface area contributed by atoms with E-state index in [1.807, 2.05) is 38.1 Å². The summed E-state index contributed by atoms with van der Waals surface area (Å²) in [5.41, 5.74) is 0.555. The van der Waals surface area contributed by atoms with Crippen molar-refractivity contribution in [3.63, 3.8) is 0 Å². The summed E-state index contributed by atoms with van der Waals surface area (Å²) >= 11 is 0. The zero-order valence-electron chi connectivity index (χ0n) is 20.7. The molecule has 1 heterocycles. The molecule has 9 nitrogen and oxygen atoms in total. The maximum atomic E-state index is 12.8. The van der Waals surface area contributed by atoms with Crippen molar-refractivity contribution in [1.82, 2.24) is 14.3 Å². The van der Waals surface area contributed by atoms with E-state index < -0.39 is 17.5 Å². The number of aliphatic carboxylic acids is 1. The number of ether oxygens (including phenoxy) is 2. The van der Waals surface area contributed by atoms with Gasteiger partial charge in [-0.15, -0.1) is 0 Å². The van der Waals surface area contributed by atoms with E-state index in [1.165, 1.54) is 47.4 Å². The first-order chi connectivity index (χ1) is 16.1. The Morgan fingerprint density at radius 3 is 2.26 bits per heavy atom. The number of aryl methyl sites for hydroxylation is 1. The molecule has 35 heavy (non-hydrogen) atoms. The van der Waals surface area contributed by atoms with Gasteiger partial charge >= 0.3 is 41.2 Å². The summed E-state index contributed by atoms with van der Waals surface area (Å²) < 4.78 is 13.7. The number of benzene rings is 2. The van der Waals surface area contributed by atoms with Gasteiger partial charge in [-0.05, 0) is 57.0 Å². The van der Waals surface area contributed by atoms with Crippen LogP contribution < -0.4 is 45.1 Å². The number of carbonyl (C=O) groups is 2. The van der Waals surface area contributed by atoms with Gasteiger partial charge in [0.15, 0.2) is 12.4 Å². The molecule has 10 heteroatoms. The smallest absolute Gasteiger partial charge is 0.546 e. The van der Waals surface area contributed by atoms with Gasteiger partial charge in [0.05, 0.1) is 18.1 Å². The number of aromatic nitrogens is 3. The van der Waals surface area contributed by atoms with Crippen molar-refractivity contribution in [3.05, 3.63) is 81.5 Å². The minimum absolute atomic E-state index is 0. The maximum absolute atomic E-state index is 12.8. The van der Waals surface area contributed by atoms with E-state index in [1.54, 1.807) is 0 Å². The van der Waals surface area contributed by atoms with Gasteiger partial charge in [-0.25, -0.2) is 14.3 Å². The SMILES string of the molecule is CCCn1c(COC(=O)c2ccc(OC(C)(C)C(=O)[O-])cc2)nn(Cc2ccc(C)cc2)c1=O.[Na+]. The van der Waals surface area contributed by atoms with Gasteiger partial charge < -0.3 is 19.4 Å². The van der Waals surface area contributed by atoms with E-state index in [2.05, 4.69) is 5.10 Å². The summed E-state index contributed by atoms with van der Waals surface area (Å²) in [5.74, 6) is -1.31. The predicted octanol–water partition coefficient (Wildman–Crippen LogP) is -0.920. The molecule has 0 bridgehead atoms. The zero-order valence-corrected chi connectivity index (χ0v) is 22.7. The number of hydrogen-bond acceptors (Lipinski definition) is 7. The van der Waals surface area contributed by atoms with Crippen LogP contribution in [0.25, 0.3) is 0 Å². The molecule has 2 aromatic carbocycles. The zero-order chi connectivity index (χ0) is 24.9. The standard InChI is InChI=1S/C25H29N3O6.Na/c1-5-14-27-21(26-28(24(27)32)15-18-8-6-17(2)7-9-18)16-33-22(29)19-10-12-20(13-11-19)34-25(3,4)23(30)31;/h6-13H,5,14-16H2,1-4H3,(H,30,31);/q;+1/p-1. The van der Waals surface area contributed by atoms with Crippen LogP contribution in [0.4, 0.5) is 0 Å². The minimum atomic E-state index is -1.51. The molecule has 180 valence electrons. The fraction of sp³-hybridized carbons (Fsp3) is 0.360. The second-order valence-electron chi connectivity index (χ2n) is 8.49. The maximum Gasteiger partial charge on any atom is 1.00 e. The summed E-state index contributed by atoms with van der Waals surface area (Å²) in [5, 5.41) is 15.5. The molecule has 0 aliphatic heterocycles. The van der Waals surface area contributed by atoms with Gasteiger partial charge in [0.2, 0.25) is 0 Å². The van der Waals surface area contributed by atoms with E-state index in [-0.39, 0.29) is 53.2 Å². The molecule has 3 rings (SSSR count). The third-order valence-electron chi connectivity index (χ3n) is 5.19. The van der Waals surface area contributed by atoms with E-state index in [9.17, 15) is 19.5 Å². The number of rotatable bonds is 10. The topological polar surface area (TPSA) is 115 Å². The van der Waals surface area contributed by atoms with E-state index in [0.29, 0.717) is 18.9 Å². The Bertz CT molecular complexity index is 1210. The van der Waals surface area contributed by atoms with Crippen molar-refractivity contribution in [2.45, 2.75) is 59.4 Å². The first-order valence-corrected chi connectivity index (χ1v) is 11.0. The van der Waals surface area contributed by atoms with Crippen LogP contribution in [0.3, 0.4) is 0 Å². The largest absolute Gasteiger partial charge is 1.00 e. The third kappa shape index (κ3) is 7.30. The molecule has 1 aromatic heterocycles. The van der Waals surface area contributed by atoms with Crippen molar-refractivity contribution in [1.29, 1.82) is 0 Å². The van der Waals surface area contributed by atoms with Crippen LogP contribution in [0.15, 0.2) is 53.3 Å². The Morgan fingerprint density at radius 2 is 1.69 bits per heavy atom. The summed E-state index contributed by atoms with van der Waals surface area (Å²) in [7, 11) is 0. The quantitative estimate of drug-likeness (QED) is 0.267. The Kier molecular flexibility index (Phi) is 9.88. The summed E-state index contributed by atoms with van der Waals surface area (Å²) in [6, 6.07) is 13.7. The average molecular weight is 490 g/mol. The molecule has 3 aromatic rings. The van der Waals surface area contributed by atoms with Crippen molar-refractivity contribution in [3.8, 4) is 5.75 Å². The molecule has 0 amide bonds. The van der Waals surface area contributed by atoms with Gasteiger partial charge in [0.25, 0.3) is 0 Å². The van der Waals surface area contributed by atoms with Crippen LogP contribution in [-0.2, 0) is 29.2 Å². The number of carboxylic acid groups (broad SMARTS) is 1. The molecule has 0 saturated carbocycles. The van der Waals surface area contributed by atoms with Gasteiger partial charge in [0, 0.05) is 6.54 Å². The number of carboxylic acids is 1. The fourth-order valence-corrected chi connectivity index (χ4v) is 3.22. The summed E-state index contributed by atoms with van der Waals surface area (Å²) in [4.78, 5) is 36.4. The molecule has 0 fully saturated rings. The molecule has 0 unspecified atom stereocenters. The Morgan fingerprint density at radius 1 is 1.06 bits per heavy atom. The van der Waals surface area contributed by atoms with Crippen molar-refractivity contribution < 1.29 is 53.7 Å². The second kappa shape index (κ2) is 12.2. The average Bonchev–Trinajstić information content (AvgIpc) is 3.08. The minimum Gasteiger partial charge on any atom is -0.546 e. The third-order valence-corrected chi connectivity index (χ3v) is 5.19. The Hall–Kier alpha value is -2.88. The van der Waals surface area contributed by atoms with Crippen LogP contribution in [-0.4, -0.2) is 31.9 Å². The first-order valence-electron chi connectivity index (χ1n) is 11.0. The van der Waals surface area contributed by atoms with Crippen LogP contribution in [0, 0.1) is 6.92 Å². The molecule has 0 saturated heterocycles. The monoisotopic (exact) mass is 489 g/mol. The van der Waals surface area contributed by atoms with Crippen LogP contribution in [0.1, 0.15) is 54.5 Å². The molecule has 0 aliphatic rings. The molecule has 0 spiro atoms. The molecule has 0 N–H and O–H groups in total. The molecule has 0 aliphatic carbocycles.